The molecule has 0 saturated carbocycles. The zero-order chi connectivity index (χ0) is 13.8. The Bertz CT molecular complexity index is 571. The van der Waals surface area contributed by atoms with Gasteiger partial charge in [0.2, 0.25) is 0 Å². The van der Waals surface area contributed by atoms with Crippen molar-refractivity contribution in [3.63, 3.8) is 0 Å². The van der Waals surface area contributed by atoms with E-state index in [9.17, 15) is 4.39 Å². The fourth-order valence-electron chi connectivity index (χ4n) is 1.85. The standard InChI is InChI=1S/C13H15ClFN3O/c1-9-3-4-10(11(15)7-9)13-17-16-12(8-14)18(13)5-6-19-2/h3-4,7H,5-6,8H2,1-2H3. The monoisotopic (exact) mass is 283 g/mol. The average Bonchev–Trinajstić information content (AvgIpc) is 2.79. The van der Waals surface area contributed by atoms with Gasteiger partial charge in [-0.3, -0.25) is 0 Å². The van der Waals surface area contributed by atoms with Gasteiger partial charge in [0, 0.05) is 13.7 Å². The second-order valence-electron chi connectivity index (χ2n) is 4.20. The summed E-state index contributed by atoms with van der Waals surface area (Å²) in [5.74, 6) is 0.996. The molecule has 0 aliphatic heterocycles. The molecule has 0 amide bonds. The zero-order valence-electron chi connectivity index (χ0n) is 10.9. The van der Waals surface area contributed by atoms with Crippen molar-refractivity contribution < 1.29 is 9.13 Å². The Balaban J connectivity index is 2.46. The van der Waals surface area contributed by atoms with E-state index in [0.717, 1.165) is 5.56 Å². The molecule has 0 saturated heterocycles. The first-order valence-electron chi connectivity index (χ1n) is 5.91. The fourth-order valence-corrected chi connectivity index (χ4v) is 2.05. The molecule has 0 bridgehead atoms. The Labute approximate surface area is 116 Å². The number of methoxy groups -OCH3 is 1. The summed E-state index contributed by atoms with van der Waals surface area (Å²) in [7, 11) is 1.61. The second-order valence-corrected chi connectivity index (χ2v) is 4.47. The summed E-state index contributed by atoms with van der Waals surface area (Å²) in [6, 6.07) is 5.02. The summed E-state index contributed by atoms with van der Waals surface area (Å²) in [5, 5.41) is 8.02. The number of rotatable bonds is 5. The molecule has 102 valence electrons. The number of halogens is 2. The van der Waals surface area contributed by atoms with Crippen molar-refractivity contribution in [2.24, 2.45) is 0 Å². The van der Waals surface area contributed by atoms with E-state index in [2.05, 4.69) is 10.2 Å². The molecule has 1 aromatic carbocycles. The average molecular weight is 284 g/mol. The predicted octanol–water partition coefficient (Wildman–Crippen LogP) is 2.78. The lowest BCUT2D eigenvalue weighted by Crippen LogP contribution is -2.09. The quantitative estimate of drug-likeness (QED) is 0.792. The van der Waals surface area contributed by atoms with Gasteiger partial charge >= 0.3 is 0 Å². The van der Waals surface area contributed by atoms with Gasteiger partial charge in [-0.1, -0.05) is 6.07 Å². The molecule has 1 aromatic heterocycles. The molecule has 0 unspecified atom stereocenters. The van der Waals surface area contributed by atoms with E-state index in [0.29, 0.717) is 30.4 Å². The van der Waals surface area contributed by atoms with E-state index in [4.69, 9.17) is 16.3 Å². The molecule has 4 nitrogen and oxygen atoms in total. The Kier molecular flexibility index (Phi) is 4.50. The van der Waals surface area contributed by atoms with E-state index in [1.54, 1.807) is 17.7 Å². The van der Waals surface area contributed by atoms with Crippen molar-refractivity contribution in [3.05, 3.63) is 35.4 Å². The van der Waals surface area contributed by atoms with Crippen molar-refractivity contribution in [1.29, 1.82) is 0 Å². The van der Waals surface area contributed by atoms with Gasteiger partial charge in [-0.05, 0) is 24.6 Å². The minimum absolute atomic E-state index is 0.226. The van der Waals surface area contributed by atoms with Gasteiger partial charge in [0.15, 0.2) is 5.82 Å². The number of nitrogens with zero attached hydrogens (tertiary/aromatic N) is 3. The second kappa shape index (κ2) is 6.12. The molecule has 0 spiro atoms. The van der Waals surface area contributed by atoms with Crippen molar-refractivity contribution in [2.45, 2.75) is 19.3 Å². The van der Waals surface area contributed by atoms with Gasteiger partial charge in [-0.2, -0.15) is 0 Å². The van der Waals surface area contributed by atoms with Crippen LogP contribution in [0.1, 0.15) is 11.4 Å². The molecule has 0 radical (unpaired) electrons. The predicted molar refractivity (Wildman–Crippen MR) is 71.6 cm³/mol. The van der Waals surface area contributed by atoms with Crippen LogP contribution in [-0.4, -0.2) is 28.5 Å². The third-order valence-electron chi connectivity index (χ3n) is 2.83. The van der Waals surface area contributed by atoms with Crippen LogP contribution in [-0.2, 0) is 17.2 Å². The van der Waals surface area contributed by atoms with Crippen molar-refractivity contribution in [1.82, 2.24) is 14.8 Å². The topological polar surface area (TPSA) is 39.9 Å². The summed E-state index contributed by atoms with van der Waals surface area (Å²) in [5.41, 5.74) is 1.28. The van der Waals surface area contributed by atoms with Crippen LogP contribution in [0.2, 0.25) is 0 Å². The number of hydrogen-bond donors (Lipinski definition) is 0. The van der Waals surface area contributed by atoms with Gasteiger partial charge in [0.25, 0.3) is 0 Å². The Hall–Kier alpha value is -1.46. The summed E-state index contributed by atoms with van der Waals surface area (Å²) in [4.78, 5) is 0. The van der Waals surface area contributed by atoms with Gasteiger partial charge < -0.3 is 9.30 Å². The normalized spacial score (nSPS) is 10.9. The van der Waals surface area contributed by atoms with Crippen LogP contribution in [0.25, 0.3) is 11.4 Å². The number of aromatic nitrogens is 3. The number of alkyl halides is 1. The lowest BCUT2D eigenvalue weighted by Gasteiger charge is -2.09. The summed E-state index contributed by atoms with van der Waals surface area (Å²) >= 11 is 5.82. The fraction of sp³-hybridized carbons (Fsp3) is 0.385. The molecular formula is C13H15ClFN3O. The van der Waals surface area contributed by atoms with Crippen molar-refractivity contribution in [2.75, 3.05) is 13.7 Å². The minimum Gasteiger partial charge on any atom is -0.383 e. The van der Waals surface area contributed by atoms with Crippen LogP contribution >= 0.6 is 11.6 Å². The molecular weight excluding hydrogens is 269 g/mol. The maximum absolute atomic E-state index is 14.0. The molecule has 2 aromatic rings. The molecule has 2 rings (SSSR count). The molecule has 1 heterocycles. The summed E-state index contributed by atoms with van der Waals surface area (Å²) < 4.78 is 20.8. The first-order valence-corrected chi connectivity index (χ1v) is 6.44. The van der Waals surface area contributed by atoms with E-state index in [-0.39, 0.29) is 11.7 Å². The number of benzene rings is 1. The molecule has 0 aliphatic rings. The van der Waals surface area contributed by atoms with E-state index in [1.165, 1.54) is 6.07 Å². The summed E-state index contributed by atoms with van der Waals surface area (Å²) in [6.45, 7) is 2.86. The molecule has 0 aliphatic carbocycles. The van der Waals surface area contributed by atoms with Crippen molar-refractivity contribution >= 4 is 11.6 Å². The van der Waals surface area contributed by atoms with Crippen LogP contribution in [0, 0.1) is 12.7 Å². The maximum atomic E-state index is 14.0. The summed E-state index contributed by atoms with van der Waals surface area (Å²) in [6.07, 6.45) is 0. The number of ether oxygens (including phenoxy) is 1. The third-order valence-corrected chi connectivity index (χ3v) is 3.07. The first-order chi connectivity index (χ1) is 9.17. The smallest absolute Gasteiger partial charge is 0.167 e. The first kappa shape index (κ1) is 14.0. The Morgan fingerprint density at radius 1 is 1.37 bits per heavy atom. The van der Waals surface area contributed by atoms with Gasteiger partial charge in [0.05, 0.1) is 18.1 Å². The van der Waals surface area contributed by atoms with Gasteiger partial charge in [0.1, 0.15) is 11.6 Å². The van der Waals surface area contributed by atoms with Crippen LogP contribution in [0.3, 0.4) is 0 Å². The van der Waals surface area contributed by atoms with Gasteiger partial charge in [-0.25, -0.2) is 4.39 Å². The molecule has 0 N–H and O–H groups in total. The lowest BCUT2D eigenvalue weighted by molar-refractivity contribution is 0.187. The third kappa shape index (κ3) is 2.93. The highest BCUT2D eigenvalue weighted by Gasteiger charge is 2.16. The molecule has 0 atom stereocenters. The van der Waals surface area contributed by atoms with E-state index in [1.807, 2.05) is 13.0 Å². The van der Waals surface area contributed by atoms with Crippen LogP contribution in [0.5, 0.6) is 0 Å². The SMILES string of the molecule is COCCn1c(CCl)nnc1-c1ccc(C)cc1F. The molecule has 0 fully saturated rings. The van der Waals surface area contributed by atoms with E-state index >= 15 is 0 Å². The van der Waals surface area contributed by atoms with Crippen LogP contribution in [0.15, 0.2) is 18.2 Å². The Morgan fingerprint density at radius 2 is 2.16 bits per heavy atom. The highest BCUT2D eigenvalue weighted by molar-refractivity contribution is 6.16. The number of aryl methyl sites for hydroxylation is 1. The Morgan fingerprint density at radius 3 is 2.79 bits per heavy atom. The van der Waals surface area contributed by atoms with Crippen LogP contribution < -0.4 is 0 Å². The maximum Gasteiger partial charge on any atom is 0.167 e. The zero-order valence-corrected chi connectivity index (χ0v) is 11.6. The largest absolute Gasteiger partial charge is 0.383 e. The van der Waals surface area contributed by atoms with Crippen LogP contribution in [0.4, 0.5) is 4.39 Å². The highest BCUT2D eigenvalue weighted by Crippen LogP contribution is 2.23. The highest BCUT2D eigenvalue weighted by atomic mass is 35.5. The van der Waals surface area contributed by atoms with Gasteiger partial charge in [-0.15, -0.1) is 21.8 Å². The number of hydrogen-bond acceptors (Lipinski definition) is 3. The van der Waals surface area contributed by atoms with E-state index < -0.39 is 0 Å². The molecule has 6 heteroatoms. The minimum atomic E-state index is -0.313. The lowest BCUT2D eigenvalue weighted by atomic mass is 10.1. The van der Waals surface area contributed by atoms with Crippen molar-refractivity contribution in [3.8, 4) is 11.4 Å². The molecule has 19 heavy (non-hydrogen) atoms.